The number of benzene rings is 2. The summed E-state index contributed by atoms with van der Waals surface area (Å²) >= 11 is 0. The van der Waals surface area contributed by atoms with Crippen molar-refractivity contribution >= 4 is 22.8 Å². The van der Waals surface area contributed by atoms with Crippen molar-refractivity contribution in [3.63, 3.8) is 0 Å². The van der Waals surface area contributed by atoms with E-state index in [9.17, 15) is 14.0 Å². The molecule has 3 aromatic rings. The number of carbonyl (C=O) groups excluding carboxylic acids is 1. The largest absolute Gasteiger partial charge is 0.489 e. The number of ether oxygens (including phenoxy) is 2. The van der Waals surface area contributed by atoms with Gasteiger partial charge in [-0.1, -0.05) is 18.2 Å². The number of furan rings is 1. The van der Waals surface area contributed by atoms with Crippen molar-refractivity contribution in [3.05, 3.63) is 65.2 Å². The van der Waals surface area contributed by atoms with Gasteiger partial charge in [-0.2, -0.15) is 0 Å². The molecule has 1 atom stereocenters. The number of amides is 1. The van der Waals surface area contributed by atoms with Gasteiger partial charge in [-0.15, -0.1) is 0 Å². The maximum atomic E-state index is 13.6. The first-order chi connectivity index (χ1) is 14.4. The summed E-state index contributed by atoms with van der Waals surface area (Å²) in [6.07, 6.45) is 0.676. The van der Waals surface area contributed by atoms with Crippen LogP contribution >= 0.6 is 0 Å². The standard InChI is InChI=1S/C17H14FNO3.C5H8O3/c1-10-16(17(19)20)13-8-12(6-7-15(13)22-10)21-9-11-4-2-3-5-14(11)18;6-5(7)4-1-2-8-3-4/h2-8H,9H2,1H3,(H2,19,20);4H,1-3H2,(H,6,7). The van der Waals surface area contributed by atoms with Crippen LogP contribution in [0.2, 0.25) is 0 Å². The Hall–Kier alpha value is -3.39. The van der Waals surface area contributed by atoms with Crippen molar-refractivity contribution in [1.82, 2.24) is 0 Å². The third kappa shape index (κ3) is 4.96. The molecule has 30 heavy (non-hydrogen) atoms. The summed E-state index contributed by atoms with van der Waals surface area (Å²) in [4.78, 5) is 21.6. The predicted molar refractivity (Wildman–Crippen MR) is 107 cm³/mol. The summed E-state index contributed by atoms with van der Waals surface area (Å²) in [5, 5.41) is 8.93. The third-order valence-corrected chi connectivity index (χ3v) is 4.71. The monoisotopic (exact) mass is 415 g/mol. The smallest absolute Gasteiger partial charge is 0.308 e. The molecule has 1 amide bonds. The molecule has 0 spiro atoms. The Morgan fingerprint density at radius 2 is 2.03 bits per heavy atom. The number of hydrogen-bond acceptors (Lipinski definition) is 5. The molecular formula is C22H22FNO6. The molecule has 1 saturated heterocycles. The molecule has 1 aromatic heterocycles. The minimum atomic E-state index is -0.734. The first-order valence-corrected chi connectivity index (χ1v) is 9.36. The summed E-state index contributed by atoms with van der Waals surface area (Å²) in [5.41, 5.74) is 6.73. The highest BCUT2D eigenvalue weighted by Gasteiger charge is 2.22. The number of fused-ring (bicyclic) bond motifs is 1. The van der Waals surface area contributed by atoms with Gasteiger partial charge in [-0.25, -0.2) is 4.39 Å². The Balaban J connectivity index is 0.000000269. The molecule has 7 nitrogen and oxygen atoms in total. The first-order valence-electron chi connectivity index (χ1n) is 9.36. The highest BCUT2D eigenvalue weighted by atomic mass is 19.1. The number of carboxylic acid groups (broad SMARTS) is 1. The van der Waals surface area contributed by atoms with Gasteiger partial charge in [0.25, 0.3) is 5.91 Å². The molecule has 0 radical (unpaired) electrons. The second kappa shape index (κ2) is 9.41. The van der Waals surface area contributed by atoms with E-state index in [4.69, 9.17) is 24.7 Å². The number of hydrogen-bond donors (Lipinski definition) is 2. The van der Waals surface area contributed by atoms with E-state index in [1.54, 1.807) is 43.3 Å². The van der Waals surface area contributed by atoms with Crippen molar-refractivity contribution in [2.45, 2.75) is 20.0 Å². The lowest BCUT2D eigenvalue weighted by atomic mass is 10.1. The quantitative estimate of drug-likeness (QED) is 0.658. The van der Waals surface area contributed by atoms with Gasteiger partial charge in [0.2, 0.25) is 0 Å². The van der Waals surface area contributed by atoms with E-state index in [0.29, 0.717) is 53.2 Å². The van der Waals surface area contributed by atoms with Crippen LogP contribution in [0.4, 0.5) is 4.39 Å². The molecule has 0 bridgehead atoms. The minimum Gasteiger partial charge on any atom is -0.489 e. The first kappa shape index (κ1) is 21.3. The van der Waals surface area contributed by atoms with Crippen molar-refractivity contribution in [1.29, 1.82) is 0 Å². The fourth-order valence-corrected chi connectivity index (χ4v) is 3.10. The normalized spacial score (nSPS) is 15.5. The van der Waals surface area contributed by atoms with Crippen LogP contribution < -0.4 is 10.5 Å². The van der Waals surface area contributed by atoms with E-state index < -0.39 is 11.9 Å². The zero-order valence-corrected chi connectivity index (χ0v) is 16.4. The topological polar surface area (TPSA) is 112 Å². The average Bonchev–Trinajstić information content (AvgIpc) is 3.35. The minimum absolute atomic E-state index is 0.0981. The van der Waals surface area contributed by atoms with Gasteiger partial charge >= 0.3 is 5.97 Å². The van der Waals surface area contributed by atoms with E-state index in [-0.39, 0.29) is 18.3 Å². The summed E-state index contributed by atoms with van der Waals surface area (Å²) in [5.74, 6) is -0.867. The molecule has 1 aliphatic rings. The average molecular weight is 415 g/mol. The Labute approximate surface area is 172 Å². The lowest BCUT2D eigenvalue weighted by molar-refractivity contribution is -0.141. The second-order valence-corrected chi connectivity index (χ2v) is 6.83. The van der Waals surface area contributed by atoms with Crippen LogP contribution in [0, 0.1) is 18.7 Å². The molecule has 1 fully saturated rings. The number of carbonyl (C=O) groups is 2. The van der Waals surface area contributed by atoms with Crippen LogP contribution in [0.5, 0.6) is 5.75 Å². The molecule has 2 heterocycles. The molecule has 3 N–H and O–H groups in total. The van der Waals surface area contributed by atoms with Crippen LogP contribution in [-0.2, 0) is 16.1 Å². The van der Waals surface area contributed by atoms with Crippen LogP contribution in [0.1, 0.15) is 28.1 Å². The van der Waals surface area contributed by atoms with Crippen molar-refractivity contribution < 1.29 is 33.0 Å². The molecule has 1 aliphatic heterocycles. The Bertz CT molecular complexity index is 1050. The molecule has 2 aromatic carbocycles. The van der Waals surface area contributed by atoms with E-state index in [2.05, 4.69) is 0 Å². The third-order valence-electron chi connectivity index (χ3n) is 4.71. The summed E-state index contributed by atoms with van der Waals surface area (Å²) in [6, 6.07) is 11.5. The van der Waals surface area contributed by atoms with Crippen LogP contribution in [0.15, 0.2) is 46.9 Å². The van der Waals surface area contributed by atoms with Gasteiger partial charge < -0.3 is 24.7 Å². The number of carboxylic acids is 1. The van der Waals surface area contributed by atoms with E-state index in [1.807, 2.05) is 0 Å². The van der Waals surface area contributed by atoms with Crippen LogP contribution in [0.25, 0.3) is 11.0 Å². The second-order valence-electron chi connectivity index (χ2n) is 6.83. The number of halogens is 1. The number of aryl methyl sites for hydroxylation is 1. The fraction of sp³-hybridized carbons (Fsp3) is 0.273. The van der Waals surface area contributed by atoms with E-state index in [0.717, 1.165) is 0 Å². The number of rotatable bonds is 5. The van der Waals surface area contributed by atoms with Crippen LogP contribution in [0.3, 0.4) is 0 Å². The molecular weight excluding hydrogens is 393 g/mol. The maximum Gasteiger partial charge on any atom is 0.308 e. The van der Waals surface area contributed by atoms with E-state index in [1.165, 1.54) is 6.07 Å². The number of aliphatic carboxylic acids is 1. The van der Waals surface area contributed by atoms with Gasteiger partial charge in [-0.05, 0) is 37.6 Å². The molecule has 158 valence electrons. The van der Waals surface area contributed by atoms with Gasteiger partial charge in [0.05, 0.1) is 18.1 Å². The number of primary amides is 1. The Morgan fingerprint density at radius 3 is 2.63 bits per heavy atom. The molecule has 8 heteroatoms. The van der Waals surface area contributed by atoms with Gasteiger partial charge in [-0.3, -0.25) is 9.59 Å². The van der Waals surface area contributed by atoms with Gasteiger partial charge in [0.1, 0.15) is 29.5 Å². The lowest BCUT2D eigenvalue weighted by Crippen LogP contribution is -2.12. The van der Waals surface area contributed by atoms with Gasteiger partial charge in [0, 0.05) is 17.6 Å². The highest BCUT2D eigenvalue weighted by Crippen LogP contribution is 2.29. The fourth-order valence-electron chi connectivity index (χ4n) is 3.10. The predicted octanol–water partition coefficient (Wildman–Crippen LogP) is 3.67. The molecule has 4 rings (SSSR count). The zero-order chi connectivity index (χ0) is 21.7. The van der Waals surface area contributed by atoms with Crippen molar-refractivity contribution in [2.24, 2.45) is 11.7 Å². The summed E-state index contributed by atoms with van der Waals surface area (Å²) in [6.45, 7) is 2.78. The highest BCUT2D eigenvalue weighted by molar-refractivity contribution is 6.06. The molecule has 0 aliphatic carbocycles. The van der Waals surface area contributed by atoms with Gasteiger partial charge in [0.15, 0.2) is 0 Å². The zero-order valence-electron chi connectivity index (χ0n) is 16.4. The van der Waals surface area contributed by atoms with Crippen molar-refractivity contribution in [2.75, 3.05) is 13.2 Å². The van der Waals surface area contributed by atoms with Crippen LogP contribution in [-0.4, -0.2) is 30.2 Å². The summed E-state index contributed by atoms with van der Waals surface area (Å²) < 4.78 is 29.5. The van der Waals surface area contributed by atoms with Crippen molar-refractivity contribution in [3.8, 4) is 5.75 Å². The molecule has 0 saturated carbocycles. The Kier molecular flexibility index (Phi) is 6.68. The lowest BCUT2D eigenvalue weighted by Gasteiger charge is -2.07. The SMILES string of the molecule is Cc1oc2ccc(OCc3ccccc3F)cc2c1C(N)=O.O=C(O)C1CCOC1. The molecule has 1 unspecified atom stereocenters. The number of nitrogens with two attached hydrogens (primary N) is 1. The summed E-state index contributed by atoms with van der Waals surface area (Å²) in [7, 11) is 0. The van der Waals surface area contributed by atoms with E-state index >= 15 is 0 Å². The maximum absolute atomic E-state index is 13.6. The Morgan fingerprint density at radius 1 is 1.27 bits per heavy atom.